The van der Waals surface area contributed by atoms with Crippen molar-refractivity contribution in [2.45, 2.75) is 16.5 Å². The summed E-state index contributed by atoms with van der Waals surface area (Å²) < 4.78 is 0.811. The summed E-state index contributed by atoms with van der Waals surface area (Å²) in [6, 6.07) is 13.0. The fourth-order valence-corrected chi connectivity index (χ4v) is 4.55. The van der Waals surface area contributed by atoms with E-state index in [0.29, 0.717) is 10.7 Å². The molecule has 0 spiro atoms. The van der Waals surface area contributed by atoms with Gasteiger partial charge < -0.3 is 10.6 Å². The number of carbonyl (C=O) groups excluding carboxylic acids is 2. The minimum absolute atomic E-state index is 0.176. The zero-order chi connectivity index (χ0) is 18.2. The summed E-state index contributed by atoms with van der Waals surface area (Å²) in [7, 11) is 0. The van der Waals surface area contributed by atoms with Crippen LogP contribution < -0.4 is 10.6 Å². The van der Waals surface area contributed by atoms with Crippen molar-refractivity contribution in [2.75, 3.05) is 11.9 Å². The Morgan fingerprint density at radius 2 is 1.92 bits per heavy atom. The maximum absolute atomic E-state index is 12.0. The Morgan fingerprint density at radius 1 is 1.08 bits per heavy atom. The highest BCUT2D eigenvalue weighted by Gasteiger charge is 2.10. The summed E-state index contributed by atoms with van der Waals surface area (Å²) in [6.07, 6.45) is 0.176. The number of nitrogens with one attached hydrogen (secondary N) is 2. The molecule has 9 heteroatoms. The Hall–Kier alpha value is -2.23. The second-order valence-corrected chi connectivity index (χ2v) is 8.39. The summed E-state index contributed by atoms with van der Waals surface area (Å²) >= 11 is 4.64. The minimum atomic E-state index is -0.204. The van der Waals surface area contributed by atoms with Crippen molar-refractivity contribution >= 4 is 51.4 Å². The van der Waals surface area contributed by atoms with Crippen LogP contribution in [0.15, 0.2) is 52.2 Å². The summed E-state index contributed by atoms with van der Waals surface area (Å²) in [5.41, 5.74) is 0.574. The van der Waals surface area contributed by atoms with Crippen molar-refractivity contribution in [1.82, 2.24) is 15.5 Å². The molecule has 0 saturated carbocycles. The van der Waals surface area contributed by atoms with Gasteiger partial charge in [0, 0.05) is 29.2 Å². The van der Waals surface area contributed by atoms with Crippen LogP contribution in [0, 0.1) is 0 Å². The Labute approximate surface area is 163 Å². The van der Waals surface area contributed by atoms with Gasteiger partial charge in [-0.25, -0.2) is 0 Å². The molecule has 2 N–H and O–H groups in total. The van der Waals surface area contributed by atoms with Crippen LogP contribution in [0.25, 0.3) is 0 Å². The number of hydrogen-bond acceptors (Lipinski definition) is 7. The molecule has 0 aliphatic rings. The van der Waals surface area contributed by atoms with Gasteiger partial charge in [-0.1, -0.05) is 47.4 Å². The van der Waals surface area contributed by atoms with Crippen LogP contribution in [-0.4, -0.2) is 28.6 Å². The van der Waals surface area contributed by atoms with E-state index in [-0.39, 0.29) is 24.8 Å². The number of thioether (sulfide) groups is 1. The molecular formula is C17H16N4O2S3. The van der Waals surface area contributed by atoms with Gasteiger partial charge in [0.2, 0.25) is 11.0 Å². The van der Waals surface area contributed by atoms with E-state index in [4.69, 9.17) is 0 Å². The Morgan fingerprint density at radius 3 is 2.69 bits per heavy atom. The Kier molecular flexibility index (Phi) is 6.75. The molecule has 0 unspecified atom stereocenters. The number of aromatic nitrogens is 2. The van der Waals surface area contributed by atoms with Crippen molar-refractivity contribution in [1.29, 1.82) is 0 Å². The van der Waals surface area contributed by atoms with Gasteiger partial charge in [-0.15, -0.1) is 21.5 Å². The van der Waals surface area contributed by atoms with E-state index in [1.165, 1.54) is 16.2 Å². The van der Waals surface area contributed by atoms with E-state index in [2.05, 4.69) is 26.9 Å². The van der Waals surface area contributed by atoms with Crippen LogP contribution in [0.5, 0.6) is 0 Å². The molecule has 26 heavy (non-hydrogen) atoms. The van der Waals surface area contributed by atoms with Crippen LogP contribution in [0.1, 0.15) is 21.7 Å². The minimum Gasteiger partial charge on any atom is -0.352 e. The van der Waals surface area contributed by atoms with E-state index in [9.17, 15) is 9.59 Å². The molecule has 2 heterocycles. The van der Waals surface area contributed by atoms with E-state index in [1.54, 1.807) is 47.4 Å². The summed E-state index contributed by atoms with van der Waals surface area (Å²) in [5, 5.41) is 16.0. The third-order valence-corrected chi connectivity index (χ3v) is 6.32. The van der Waals surface area contributed by atoms with Crippen LogP contribution in [0.3, 0.4) is 0 Å². The van der Waals surface area contributed by atoms with Gasteiger partial charge in [-0.2, -0.15) is 0 Å². The lowest BCUT2D eigenvalue weighted by Crippen LogP contribution is -2.27. The maximum Gasteiger partial charge on any atom is 0.251 e. The quantitative estimate of drug-likeness (QED) is 0.442. The number of rotatable bonds is 8. The lowest BCUT2D eigenvalue weighted by Gasteiger charge is -2.04. The van der Waals surface area contributed by atoms with Crippen molar-refractivity contribution in [3.05, 3.63) is 58.3 Å². The molecule has 2 amide bonds. The number of nitrogens with zero attached hydrogens (tertiary/aromatic N) is 2. The van der Waals surface area contributed by atoms with Gasteiger partial charge in [0.1, 0.15) is 0 Å². The van der Waals surface area contributed by atoms with Gasteiger partial charge in [-0.05, 0) is 23.6 Å². The first-order valence-corrected chi connectivity index (χ1v) is 10.5. The number of benzene rings is 1. The van der Waals surface area contributed by atoms with Gasteiger partial charge in [0.15, 0.2) is 4.34 Å². The van der Waals surface area contributed by atoms with Crippen molar-refractivity contribution < 1.29 is 9.59 Å². The van der Waals surface area contributed by atoms with Gasteiger partial charge in [0.05, 0.1) is 0 Å². The second kappa shape index (κ2) is 9.46. The average Bonchev–Trinajstić information content (AvgIpc) is 3.32. The predicted octanol–water partition coefficient (Wildman–Crippen LogP) is 3.65. The molecule has 0 atom stereocenters. The average molecular weight is 405 g/mol. The summed E-state index contributed by atoms with van der Waals surface area (Å²) in [4.78, 5) is 25.1. The van der Waals surface area contributed by atoms with E-state index >= 15 is 0 Å². The number of amides is 2. The topological polar surface area (TPSA) is 84.0 Å². The number of hydrogen-bond donors (Lipinski definition) is 2. The molecule has 134 valence electrons. The molecule has 0 saturated heterocycles. The van der Waals surface area contributed by atoms with E-state index < -0.39 is 0 Å². The van der Waals surface area contributed by atoms with Gasteiger partial charge >= 0.3 is 0 Å². The van der Waals surface area contributed by atoms with Crippen molar-refractivity contribution in [3.8, 4) is 0 Å². The first-order valence-electron chi connectivity index (χ1n) is 7.82. The molecule has 0 aliphatic heterocycles. The second-order valence-electron chi connectivity index (χ2n) is 5.16. The number of carbonyl (C=O) groups is 2. The monoisotopic (exact) mass is 404 g/mol. The molecule has 1 aromatic carbocycles. The highest BCUT2D eigenvalue weighted by atomic mass is 32.2. The molecule has 3 aromatic rings. The van der Waals surface area contributed by atoms with E-state index in [0.717, 1.165) is 10.1 Å². The highest BCUT2D eigenvalue weighted by Crippen LogP contribution is 2.29. The van der Waals surface area contributed by atoms with Crippen molar-refractivity contribution in [2.24, 2.45) is 0 Å². The highest BCUT2D eigenvalue weighted by molar-refractivity contribution is 8.00. The van der Waals surface area contributed by atoms with Crippen LogP contribution in [-0.2, 0) is 10.5 Å². The lowest BCUT2D eigenvalue weighted by atomic mass is 10.2. The largest absolute Gasteiger partial charge is 0.352 e. The van der Waals surface area contributed by atoms with Gasteiger partial charge in [-0.3, -0.25) is 9.59 Å². The third-order valence-electron chi connectivity index (χ3n) is 3.24. The fraction of sp³-hybridized carbons (Fsp3) is 0.176. The lowest BCUT2D eigenvalue weighted by molar-refractivity contribution is -0.116. The maximum atomic E-state index is 12.0. The normalized spacial score (nSPS) is 10.5. The molecule has 0 bridgehead atoms. The molecule has 0 aliphatic carbocycles. The first kappa shape index (κ1) is 18.6. The molecule has 3 rings (SSSR count). The van der Waals surface area contributed by atoms with Crippen LogP contribution in [0.4, 0.5) is 5.13 Å². The third kappa shape index (κ3) is 5.65. The number of thiophene rings is 1. The molecule has 0 fully saturated rings. The van der Waals surface area contributed by atoms with Crippen LogP contribution >= 0.6 is 34.4 Å². The molecular weight excluding hydrogens is 388 g/mol. The van der Waals surface area contributed by atoms with Crippen LogP contribution in [0.2, 0.25) is 0 Å². The first-order chi connectivity index (χ1) is 12.7. The zero-order valence-electron chi connectivity index (χ0n) is 13.7. The molecule has 6 nitrogen and oxygen atoms in total. The fourth-order valence-electron chi connectivity index (χ4n) is 2.01. The summed E-state index contributed by atoms with van der Waals surface area (Å²) in [6.45, 7) is 0.262. The smallest absolute Gasteiger partial charge is 0.251 e. The molecule has 2 aromatic heterocycles. The predicted molar refractivity (Wildman–Crippen MR) is 106 cm³/mol. The SMILES string of the molecule is O=C(CCNC(=O)c1ccccc1)Nc1nnc(SCc2cccs2)s1. The molecule has 0 radical (unpaired) electrons. The number of anilines is 1. The Balaban J connectivity index is 1.39. The van der Waals surface area contributed by atoms with Crippen molar-refractivity contribution in [3.63, 3.8) is 0 Å². The van der Waals surface area contributed by atoms with Gasteiger partial charge in [0.25, 0.3) is 5.91 Å². The standard InChI is InChI=1S/C17H16N4O2S3/c22-14(8-9-18-15(23)12-5-2-1-3-6-12)19-16-20-21-17(26-16)25-11-13-7-4-10-24-13/h1-7,10H,8-9,11H2,(H,18,23)(H,19,20,22). The zero-order valence-corrected chi connectivity index (χ0v) is 16.1. The Bertz CT molecular complexity index is 850. The van der Waals surface area contributed by atoms with E-state index in [1.807, 2.05) is 17.5 Å². The summed E-state index contributed by atoms with van der Waals surface area (Å²) in [5.74, 6) is 0.442.